The first-order valence-corrected chi connectivity index (χ1v) is 6.61. The van der Waals surface area contributed by atoms with Gasteiger partial charge in [-0.3, -0.25) is 0 Å². The van der Waals surface area contributed by atoms with Crippen molar-refractivity contribution in [3.63, 3.8) is 0 Å². The highest BCUT2D eigenvalue weighted by Crippen LogP contribution is 2.50. The predicted octanol–water partition coefficient (Wildman–Crippen LogP) is 2.60. The third-order valence-electron chi connectivity index (χ3n) is 3.62. The first-order chi connectivity index (χ1) is 6.82. The van der Waals surface area contributed by atoms with E-state index < -0.39 is 0 Å². The molecule has 82 valence electrons. The van der Waals surface area contributed by atoms with E-state index in [1.54, 1.807) is 7.11 Å². The lowest BCUT2D eigenvalue weighted by Gasteiger charge is -2.32. The van der Waals surface area contributed by atoms with Gasteiger partial charge in [0.1, 0.15) is 0 Å². The SMILES string of the molecule is COCCC1(CBr)CCOC1C1CC1. The van der Waals surface area contributed by atoms with Gasteiger partial charge in [-0.1, -0.05) is 15.9 Å². The van der Waals surface area contributed by atoms with Crippen molar-refractivity contribution < 1.29 is 9.47 Å². The van der Waals surface area contributed by atoms with Crippen LogP contribution in [0.1, 0.15) is 25.7 Å². The first kappa shape index (κ1) is 10.9. The molecule has 2 fully saturated rings. The van der Waals surface area contributed by atoms with E-state index in [-0.39, 0.29) is 0 Å². The monoisotopic (exact) mass is 262 g/mol. The second-order valence-electron chi connectivity index (χ2n) is 4.62. The quantitative estimate of drug-likeness (QED) is 0.710. The van der Waals surface area contributed by atoms with Crippen LogP contribution in [0.2, 0.25) is 0 Å². The zero-order valence-electron chi connectivity index (χ0n) is 8.80. The molecule has 0 bridgehead atoms. The lowest BCUT2D eigenvalue weighted by atomic mass is 9.78. The number of rotatable bonds is 5. The molecule has 14 heavy (non-hydrogen) atoms. The molecule has 2 unspecified atom stereocenters. The van der Waals surface area contributed by atoms with E-state index in [0.29, 0.717) is 11.5 Å². The van der Waals surface area contributed by atoms with Crippen molar-refractivity contribution in [1.82, 2.24) is 0 Å². The van der Waals surface area contributed by atoms with Crippen molar-refractivity contribution in [2.45, 2.75) is 31.8 Å². The second kappa shape index (κ2) is 4.50. The van der Waals surface area contributed by atoms with E-state index in [0.717, 1.165) is 30.9 Å². The van der Waals surface area contributed by atoms with Gasteiger partial charge in [0, 0.05) is 31.1 Å². The third-order valence-corrected chi connectivity index (χ3v) is 4.74. The summed E-state index contributed by atoms with van der Waals surface area (Å²) < 4.78 is 11.1. The van der Waals surface area contributed by atoms with E-state index in [2.05, 4.69) is 15.9 Å². The molecule has 0 N–H and O–H groups in total. The molecule has 1 aliphatic heterocycles. The van der Waals surface area contributed by atoms with Crippen LogP contribution in [0.4, 0.5) is 0 Å². The summed E-state index contributed by atoms with van der Waals surface area (Å²) in [6, 6.07) is 0. The van der Waals surface area contributed by atoms with Gasteiger partial charge < -0.3 is 9.47 Å². The molecule has 0 aromatic carbocycles. The maximum atomic E-state index is 5.90. The largest absolute Gasteiger partial charge is 0.385 e. The van der Waals surface area contributed by atoms with E-state index in [1.165, 1.54) is 19.3 Å². The molecular weight excluding hydrogens is 244 g/mol. The summed E-state index contributed by atoms with van der Waals surface area (Å²) in [5.41, 5.74) is 0.358. The molecule has 0 aromatic heterocycles. The van der Waals surface area contributed by atoms with Crippen molar-refractivity contribution in [3.8, 4) is 0 Å². The molecule has 1 heterocycles. The van der Waals surface area contributed by atoms with E-state index in [9.17, 15) is 0 Å². The smallest absolute Gasteiger partial charge is 0.0669 e. The van der Waals surface area contributed by atoms with Crippen LogP contribution < -0.4 is 0 Å². The minimum absolute atomic E-state index is 0.358. The number of hydrogen-bond acceptors (Lipinski definition) is 2. The van der Waals surface area contributed by atoms with Gasteiger partial charge >= 0.3 is 0 Å². The molecule has 1 aliphatic carbocycles. The van der Waals surface area contributed by atoms with Crippen molar-refractivity contribution in [3.05, 3.63) is 0 Å². The summed E-state index contributed by atoms with van der Waals surface area (Å²) in [5, 5.41) is 1.06. The molecule has 3 heteroatoms. The van der Waals surface area contributed by atoms with Gasteiger partial charge in [0.15, 0.2) is 0 Å². The third kappa shape index (κ3) is 2.00. The zero-order chi connectivity index (χ0) is 10.0. The summed E-state index contributed by atoms with van der Waals surface area (Å²) >= 11 is 3.66. The second-order valence-corrected chi connectivity index (χ2v) is 5.18. The van der Waals surface area contributed by atoms with E-state index in [1.807, 2.05) is 0 Å². The Morgan fingerprint density at radius 2 is 2.29 bits per heavy atom. The normalized spacial score (nSPS) is 37.7. The highest BCUT2D eigenvalue weighted by atomic mass is 79.9. The molecule has 1 saturated heterocycles. The predicted molar refractivity (Wildman–Crippen MR) is 59.8 cm³/mol. The number of alkyl halides is 1. The molecule has 2 rings (SSSR count). The summed E-state index contributed by atoms with van der Waals surface area (Å²) in [7, 11) is 1.78. The summed E-state index contributed by atoms with van der Waals surface area (Å²) in [6.07, 6.45) is 5.56. The Morgan fingerprint density at radius 1 is 1.50 bits per heavy atom. The average molecular weight is 263 g/mol. The van der Waals surface area contributed by atoms with Crippen LogP contribution in [0.25, 0.3) is 0 Å². The molecular formula is C11H19BrO2. The van der Waals surface area contributed by atoms with Crippen LogP contribution in [-0.2, 0) is 9.47 Å². The van der Waals surface area contributed by atoms with Crippen molar-refractivity contribution in [2.24, 2.45) is 11.3 Å². The van der Waals surface area contributed by atoms with Gasteiger partial charge in [0.05, 0.1) is 6.10 Å². The molecule has 2 atom stereocenters. The Morgan fingerprint density at radius 3 is 2.86 bits per heavy atom. The topological polar surface area (TPSA) is 18.5 Å². The van der Waals surface area contributed by atoms with Crippen LogP contribution in [0.15, 0.2) is 0 Å². The van der Waals surface area contributed by atoms with Crippen LogP contribution in [0.3, 0.4) is 0 Å². The maximum absolute atomic E-state index is 5.90. The summed E-state index contributed by atoms with van der Waals surface area (Å²) in [6.45, 7) is 1.80. The van der Waals surface area contributed by atoms with Crippen LogP contribution in [-0.4, -0.2) is 31.8 Å². The highest BCUT2D eigenvalue weighted by Gasteiger charge is 2.49. The molecule has 0 amide bonds. The van der Waals surface area contributed by atoms with Gasteiger partial charge in [0.25, 0.3) is 0 Å². The fourth-order valence-electron chi connectivity index (χ4n) is 2.53. The molecule has 0 spiro atoms. The Hall–Kier alpha value is 0.400. The van der Waals surface area contributed by atoms with Crippen LogP contribution >= 0.6 is 15.9 Å². The molecule has 2 nitrogen and oxygen atoms in total. The average Bonchev–Trinajstić information content (AvgIpc) is 2.97. The fourth-order valence-corrected chi connectivity index (χ4v) is 3.41. The Kier molecular flexibility index (Phi) is 3.50. The van der Waals surface area contributed by atoms with Crippen molar-refractivity contribution in [2.75, 3.05) is 25.7 Å². The summed E-state index contributed by atoms with van der Waals surface area (Å²) in [4.78, 5) is 0. The molecule has 0 aromatic rings. The minimum atomic E-state index is 0.358. The standard InChI is InChI=1S/C11H19BrO2/c1-13-6-4-11(8-12)5-7-14-10(11)9-2-3-9/h9-10H,2-8H2,1H3. The van der Waals surface area contributed by atoms with Crippen molar-refractivity contribution in [1.29, 1.82) is 0 Å². The lowest BCUT2D eigenvalue weighted by molar-refractivity contribution is 0.0259. The van der Waals surface area contributed by atoms with Gasteiger partial charge in [-0.05, 0) is 31.6 Å². The number of hydrogen-bond donors (Lipinski definition) is 0. The van der Waals surface area contributed by atoms with E-state index >= 15 is 0 Å². The maximum Gasteiger partial charge on any atom is 0.0669 e. The highest BCUT2D eigenvalue weighted by molar-refractivity contribution is 9.09. The van der Waals surface area contributed by atoms with Gasteiger partial charge in [-0.15, -0.1) is 0 Å². The van der Waals surface area contributed by atoms with Crippen LogP contribution in [0, 0.1) is 11.3 Å². The molecule has 1 saturated carbocycles. The molecule has 0 radical (unpaired) electrons. The fraction of sp³-hybridized carbons (Fsp3) is 1.00. The zero-order valence-corrected chi connectivity index (χ0v) is 10.4. The Labute approximate surface area is 94.5 Å². The molecule has 2 aliphatic rings. The summed E-state index contributed by atoms with van der Waals surface area (Å²) in [5.74, 6) is 0.840. The van der Waals surface area contributed by atoms with Gasteiger partial charge in [-0.25, -0.2) is 0 Å². The Balaban J connectivity index is 1.99. The number of methoxy groups -OCH3 is 1. The lowest BCUT2D eigenvalue weighted by Crippen LogP contribution is -2.35. The van der Waals surface area contributed by atoms with Gasteiger partial charge in [0.2, 0.25) is 0 Å². The first-order valence-electron chi connectivity index (χ1n) is 5.49. The van der Waals surface area contributed by atoms with Crippen molar-refractivity contribution >= 4 is 15.9 Å². The van der Waals surface area contributed by atoms with Gasteiger partial charge in [-0.2, -0.15) is 0 Å². The Bertz CT molecular complexity index is 194. The van der Waals surface area contributed by atoms with E-state index in [4.69, 9.17) is 9.47 Å². The van der Waals surface area contributed by atoms with Crippen LogP contribution in [0.5, 0.6) is 0 Å². The minimum Gasteiger partial charge on any atom is -0.385 e. The number of ether oxygens (including phenoxy) is 2. The number of halogens is 1.